The number of carboxylic acids is 1. The monoisotopic (exact) mass is 265 g/mol. The van der Waals surface area contributed by atoms with Crippen molar-refractivity contribution in [3.05, 3.63) is 65.7 Å². The first-order chi connectivity index (χ1) is 9.72. The van der Waals surface area contributed by atoms with Crippen molar-refractivity contribution in [2.24, 2.45) is 0 Å². The summed E-state index contributed by atoms with van der Waals surface area (Å²) in [7, 11) is 0. The van der Waals surface area contributed by atoms with Crippen molar-refractivity contribution in [3.63, 3.8) is 0 Å². The Bertz CT molecular complexity index is 629. The number of carboxylic acid groups (broad SMARTS) is 1. The van der Waals surface area contributed by atoms with Gasteiger partial charge in [-0.1, -0.05) is 48.4 Å². The molecule has 3 heteroatoms. The van der Waals surface area contributed by atoms with Gasteiger partial charge in [-0.25, -0.2) is 4.79 Å². The summed E-state index contributed by atoms with van der Waals surface area (Å²) in [4.78, 5) is 13.2. The zero-order valence-corrected chi connectivity index (χ0v) is 11.0. The summed E-state index contributed by atoms with van der Waals surface area (Å²) in [5.74, 6) is 1.64. The number of terminal acetylenes is 1. The number of anilines is 1. The first-order valence-electron chi connectivity index (χ1n) is 6.27. The van der Waals surface area contributed by atoms with Crippen LogP contribution in [0.25, 0.3) is 0 Å². The van der Waals surface area contributed by atoms with E-state index in [-0.39, 0.29) is 5.56 Å². The standard InChI is InChI=1S/C17H15NO2/c1-2-12-18(13-14-8-4-3-5-9-14)16-11-7-6-10-15(16)17(19)20/h1,3-11H,12-13H2,(H,19,20). The van der Waals surface area contributed by atoms with Crippen LogP contribution in [-0.4, -0.2) is 17.6 Å². The Morgan fingerprint density at radius 1 is 1.10 bits per heavy atom. The zero-order chi connectivity index (χ0) is 14.4. The van der Waals surface area contributed by atoms with Crippen LogP contribution in [0.5, 0.6) is 0 Å². The fraction of sp³-hybridized carbons (Fsp3) is 0.118. The number of benzene rings is 2. The number of rotatable bonds is 5. The van der Waals surface area contributed by atoms with Crippen molar-refractivity contribution in [2.75, 3.05) is 11.4 Å². The van der Waals surface area contributed by atoms with Crippen molar-refractivity contribution in [2.45, 2.75) is 6.54 Å². The molecular weight excluding hydrogens is 250 g/mol. The molecule has 0 atom stereocenters. The Kier molecular flexibility index (Phi) is 4.41. The lowest BCUT2D eigenvalue weighted by Gasteiger charge is -2.24. The summed E-state index contributed by atoms with van der Waals surface area (Å²) < 4.78 is 0. The van der Waals surface area contributed by atoms with Crippen LogP contribution in [0.3, 0.4) is 0 Å². The van der Waals surface area contributed by atoms with E-state index >= 15 is 0 Å². The van der Waals surface area contributed by atoms with Gasteiger partial charge in [0.2, 0.25) is 0 Å². The van der Waals surface area contributed by atoms with E-state index in [4.69, 9.17) is 6.42 Å². The molecule has 0 bridgehead atoms. The van der Waals surface area contributed by atoms with Gasteiger partial charge >= 0.3 is 5.97 Å². The lowest BCUT2D eigenvalue weighted by Crippen LogP contribution is -2.25. The average molecular weight is 265 g/mol. The average Bonchev–Trinajstić information content (AvgIpc) is 2.48. The third kappa shape index (κ3) is 3.18. The van der Waals surface area contributed by atoms with Gasteiger partial charge in [0.15, 0.2) is 0 Å². The summed E-state index contributed by atoms with van der Waals surface area (Å²) in [6.45, 7) is 0.939. The van der Waals surface area contributed by atoms with Crippen LogP contribution in [0.1, 0.15) is 15.9 Å². The smallest absolute Gasteiger partial charge is 0.337 e. The molecule has 0 saturated heterocycles. The zero-order valence-electron chi connectivity index (χ0n) is 11.0. The van der Waals surface area contributed by atoms with Crippen LogP contribution in [-0.2, 0) is 6.54 Å². The van der Waals surface area contributed by atoms with E-state index in [0.29, 0.717) is 18.8 Å². The highest BCUT2D eigenvalue weighted by atomic mass is 16.4. The molecule has 0 amide bonds. The number of hydrogen-bond acceptors (Lipinski definition) is 2. The molecule has 0 heterocycles. The van der Waals surface area contributed by atoms with Crippen molar-refractivity contribution < 1.29 is 9.90 Å². The van der Waals surface area contributed by atoms with Crippen LogP contribution >= 0.6 is 0 Å². The Morgan fingerprint density at radius 2 is 1.75 bits per heavy atom. The molecule has 0 fully saturated rings. The van der Waals surface area contributed by atoms with E-state index in [1.54, 1.807) is 18.2 Å². The highest BCUT2D eigenvalue weighted by molar-refractivity contribution is 5.94. The van der Waals surface area contributed by atoms with Gasteiger partial charge in [-0.15, -0.1) is 6.42 Å². The molecule has 0 unspecified atom stereocenters. The normalized spacial score (nSPS) is 9.75. The third-order valence-electron chi connectivity index (χ3n) is 2.97. The van der Waals surface area contributed by atoms with Crippen LogP contribution in [0.4, 0.5) is 5.69 Å². The first-order valence-corrected chi connectivity index (χ1v) is 6.27. The van der Waals surface area contributed by atoms with Gasteiger partial charge in [-0.3, -0.25) is 0 Å². The molecule has 1 N–H and O–H groups in total. The quantitative estimate of drug-likeness (QED) is 0.845. The molecule has 20 heavy (non-hydrogen) atoms. The summed E-state index contributed by atoms with van der Waals surface area (Å²) in [6.07, 6.45) is 5.41. The Morgan fingerprint density at radius 3 is 2.40 bits per heavy atom. The second kappa shape index (κ2) is 6.44. The molecule has 0 radical (unpaired) electrons. The van der Waals surface area contributed by atoms with Gasteiger partial charge in [0.05, 0.1) is 17.8 Å². The SMILES string of the molecule is C#CCN(Cc1ccccc1)c1ccccc1C(=O)O. The Labute approximate surface area is 118 Å². The van der Waals surface area contributed by atoms with Crippen molar-refractivity contribution in [3.8, 4) is 12.3 Å². The maximum Gasteiger partial charge on any atom is 0.337 e. The summed E-state index contributed by atoms with van der Waals surface area (Å²) in [5.41, 5.74) is 1.99. The lowest BCUT2D eigenvalue weighted by molar-refractivity contribution is 0.0697. The fourth-order valence-electron chi connectivity index (χ4n) is 2.07. The van der Waals surface area contributed by atoms with E-state index in [1.165, 1.54) is 0 Å². The van der Waals surface area contributed by atoms with E-state index in [2.05, 4.69) is 5.92 Å². The number of aromatic carboxylic acids is 1. The minimum absolute atomic E-state index is 0.263. The van der Waals surface area contributed by atoms with Gasteiger partial charge in [-0.2, -0.15) is 0 Å². The van der Waals surface area contributed by atoms with E-state index in [0.717, 1.165) is 5.56 Å². The first kappa shape index (κ1) is 13.7. The van der Waals surface area contributed by atoms with Crippen LogP contribution < -0.4 is 4.90 Å². The van der Waals surface area contributed by atoms with Gasteiger partial charge in [-0.05, 0) is 17.7 Å². The van der Waals surface area contributed by atoms with Crippen LogP contribution in [0.2, 0.25) is 0 Å². The second-order valence-electron chi connectivity index (χ2n) is 4.37. The highest BCUT2D eigenvalue weighted by Gasteiger charge is 2.15. The molecule has 0 aromatic heterocycles. The van der Waals surface area contributed by atoms with E-state index in [9.17, 15) is 9.90 Å². The van der Waals surface area contributed by atoms with E-state index in [1.807, 2.05) is 41.3 Å². The minimum Gasteiger partial charge on any atom is -0.478 e. The van der Waals surface area contributed by atoms with Crippen molar-refractivity contribution >= 4 is 11.7 Å². The fourth-order valence-corrected chi connectivity index (χ4v) is 2.07. The Balaban J connectivity index is 2.34. The topological polar surface area (TPSA) is 40.5 Å². The van der Waals surface area contributed by atoms with Gasteiger partial charge in [0.1, 0.15) is 0 Å². The minimum atomic E-state index is -0.948. The molecule has 2 rings (SSSR count). The summed E-state index contributed by atoms with van der Waals surface area (Å²) in [6, 6.07) is 16.7. The summed E-state index contributed by atoms with van der Waals surface area (Å²) >= 11 is 0. The molecule has 0 spiro atoms. The molecule has 100 valence electrons. The second-order valence-corrected chi connectivity index (χ2v) is 4.37. The molecule has 0 aliphatic rings. The predicted octanol–water partition coefficient (Wildman–Crippen LogP) is 3.02. The molecule has 0 aliphatic heterocycles. The largest absolute Gasteiger partial charge is 0.478 e. The number of nitrogens with zero attached hydrogens (tertiary/aromatic N) is 1. The maximum absolute atomic E-state index is 11.3. The van der Waals surface area contributed by atoms with Crippen LogP contribution in [0, 0.1) is 12.3 Å². The number of para-hydroxylation sites is 1. The predicted molar refractivity (Wildman–Crippen MR) is 79.7 cm³/mol. The molecule has 0 aliphatic carbocycles. The molecular formula is C17H15NO2. The molecule has 2 aromatic rings. The number of carbonyl (C=O) groups is 1. The van der Waals surface area contributed by atoms with E-state index < -0.39 is 5.97 Å². The van der Waals surface area contributed by atoms with Crippen LogP contribution in [0.15, 0.2) is 54.6 Å². The van der Waals surface area contributed by atoms with Gasteiger partial charge in [0, 0.05) is 6.54 Å². The molecule has 2 aromatic carbocycles. The third-order valence-corrected chi connectivity index (χ3v) is 2.97. The van der Waals surface area contributed by atoms with Gasteiger partial charge in [0.25, 0.3) is 0 Å². The lowest BCUT2D eigenvalue weighted by atomic mass is 10.1. The number of hydrogen-bond donors (Lipinski definition) is 1. The maximum atomic E-state index is 11.3. The van der Waals surface area contributed by atoms with Crippen molar-refractivity contribution in [1.82, 2.24) is 0 Å². The summed E-state index contributed by atoms with van der Waals surface area (Å²) in [5, 5.41) is 9.27. The van der Waals surface area contributed by atoms with Gasteiger partial charge < -0.3 is 10.0 Å². The molecule has 0 saturated carbocycles. The van der Waals surface area contributed by atoms with Crippen molar-refractivity contribution in [1.29, 1.82) is 0 Å². The molecule has 3 nitrogen and oxygen atoms in total. The Hall–Kier alpha value is -2.73. The highest BCUT2D eigenvalue weighted by Crippen LogP contribution is 2.22.